The molecule has 0 saturated heterocycles. The molecule has 17 heavy (non-hydrogen) atoms. The molecule has 0 saturated carbocycles. The lowest BCUT2D eigenvalue weighted by atomic mass is 10.1. The lowest BCUT2D eigenvalue weighted by Gasteiger charge is -2.18. The number of hydrogen-bond donors (Lipinski definition) is 2. The van der Waals surface area contributed by atoms with Gasteiger partial charge in [0.2, 0.25) is 0 Å². The molecule has 0 aromatic carbocycles. The van der Waals surface area contributed by atoms with E-state index >= 15 is 0 Å². The summed E-state index contributed by atoms with van der Waals surface area (Å²) in [6, 6.07) is 0. The van der Waals surface area contributed by atoms with Gasteiger partial charge in [0.25, 0.3) is 5.56 Å². The van der Waals surface area contributed by atoms with E-state index in [-0.39, 0.29) is 17.1 Å². The molecule has 0 aliphatic rings. The first-order chi connectivity index (χ1) is 7.85. The molecule has 0 amide bonds. The van der Waals surface area contributed by atoms with Crippen LogP contribution in [0.4, 0.5) is 5.69 Å². The van der Waals surface area contributed by atoms with E-state index in [0.29, 0.717) is 12.2 Å². The molecule has 0 aliphatic heterocycles. The van der Waals surface area contributed by atoms with Gasteiger partial charge < -0.3 is 10.4 Å². The number of halogens is 1. The SMILES string of the molecule is C=CCn1ncc(NCC(C)(C)O)c(Cl)c1=O. The van der Waals surface area contributed by atoms with Crippen LogP contribution >= 0.6 is 11.6 Å². The minimum atomic E-state index is -0.890. The number of nitrogens with one attached hydrogen (secondary N) is 1. The lowest BCUT2D eigenvalue weighted by Crippen LogP contribution is -2.31. The van der Waals surface area contributed by atoms with Gasteiger partial charge in [0, 0.05) is 6.54 Å². The van der Waals surface area contributed by atoms with Gasteiger partial charge in [-0.1, -0.05) is 17.7 Å². The Morgan fingerprint density at radius 3 is 2.88 bits per heavy atom. The molecule has 1 rings (SSSR count). The monoisotopic (exact) mass is 257 g/mol. The molecule has 6 heteroatoms. The summed E-state index contributed by atoms with van der Waals surface area (Å²) in [7, 11) is 0. The third-order valence-electron chi connectivity index (χ3n) is 2.00. The standard InChI is InChI=1S/C11H16ClN3O2/c1-4-5-15-10(16)9(12)8(6-14-15)13-7-11(2,3)17/h4,6,13,17H,1,5,7H2,2-3H3. The second-order valence-electron chi connectivity index (χ2n) is 4.31. The van der Waals surface area contributed by atoms with Gasteiger partial charge in [-0.25, -0.2) is 4.68 Å². The summed E-state index contributed by atoms with van der Waals surface area (Å²) in [5.41, 5.74) is -0.856. The quantitative estimate of drug-likeness (QED) is 0.780. The first-order valence-electron chi connectivity index (χ1n) is 5.18. The van der Waals surface area contributed by atoms with E-state index in [4.69, 9.17) is 11.6 Å². The highest BCUT2D eigenvalue weighted by atomic mass is 35.5. The predicted octanol–water partition coefficient (Wildman–Crippen LogP) is 1.27. The maximum Gasteiger partial charge on any atom is 0.287 e. The summed E-state index contributed by atoms with van der Waals surface area (Å²) >= 11 is 5.91. The molecular formula is C11H16ClN3O2. The van der Waals surface area contributed by atoms with E-state index in [0.717, 1.165) is 0 Å². The molecular weight excluding hydrogens is 242 g/mol. The molecule has 1 heterocycles. The minimum absolute atomic E-state index is 0.0612. The Balaban J connectivity index is 2.93. The zero-order chi connectivity index (χ0) is 13.1. The Bertz CT molecular complexity index is 463. The van der Waals surface area contributed by atoms with Crippen LogP contribution in [0.2, 0.25) is 5.02 Å². The molecule has 0 unspecified atom stereocenters. The fourth-order valence-electron chi connectivity index (χ4n) is 1.15. The number of hydrogen-bond acceptors (Lipinski definition) is 4. The van der Waals surface area contributed by atoms with Gasteiger partial charge in [-0.05, 0) is 13.8 Å². The van der Waals surface area contributed by atoms with Gasteiger partial charge in [-0.2, -0.15) is 5.10 Å². The first-order valence-corrected chi connectivity index (χ1v) is 5.55. The maximum atomic E-state index is 11.7. The largest absolute Gasteiger partial charge is 0.389 e. The predicted molar refractivity (Wildman–Crippen MR) is 68.5 cm³/mol. The van der Waals surface area contributed by atoms with Gasteiger partial charge in [-0.15, -0.1) is 6.58 Å². The zero-order valence-electron chi connectivity index (χ0n) is 9.90. The maximum absolute atomic E-state index is 11.7. The lowest BCUT2D eigenvalue weighted by molar-refractivity contribution is 0.0945. The van der Waals surface area contributed by atoms with Crippen molar-refractivity contribution in [2.75, 3.05) is 11.9 Å². The Kier molecular flexibility index (Phi) is 4.31. The van der Waals surface area contributed by atoms with Crippen molar-refractivity contribution >= 4 is 17.3 Å². The average Bonchev–Trinajstić information content (AvgIpc) is 2.23. The number of aromatic nitrogens is 2. The number of rotatable bonds is 5. The molecule has 2 N–H and O–H groups in total. The summed E-state index contributed by atoms with van der Waals surface area (Å²) in [4.78, 5) is 11.7. The Labute approximate surface area is 105 Å². The van der Waals surface area contributed by atoms with E-state index in [1.807, 2.05) is 0 Å². The van der Waals surface area contributed by atoms with Crippen molar-refractivity contribution in [2.24, 2.45) is 0 Å². The second kappa shape index (κ2) is 5.33. The van der Waals surface area contributed by atoms with Gasteiger partial charge >= 0.3 is 0 Å². The van der Waals surface area contributed by atoms with Crippen molar-refractivity contribution in [1.82, 2.24) is 9.78 Å². The van der Waals surface area contributed by atoms with Gasteiger partial charge in [0.15, 0.2) is 0 Å². The molecule has 0 atom stereocenters. The van der Waals surface area contributed by atoms with Crippen LogP contribution in [0, 0.1) is 0 Å². The van der Waals surface area contributed by atoms with E-state index in [1.54, 1.807) is 19.9 Å². The van der Waals surface area contributed by atoms with Gasteiger partial charge in [0.1, 0.15) is 5.02 Å². The minimum Gasteiger partial charge on any atom is -0.389 e. The molecule has 94 valence electrons. The summed E-state index contributed by atoms with van der Waals surface area (Å²) in [5, 5.41) is 16.4. The molecule has 0 bridgehead atoms. The molecule has 0 fully saturated rings. The van der Waals surface area contributed by atoms with E-state index < -0.39 is 5.60 Å². The van der Waals surface area contributed by atoms with Crippen LogP contribution < -0.4 is 10.9 Å². The normalized spacial score (nSPS) is 11.3. The summed E-state index contributed by atoms with van der Waals surface area (Å²) in [6.07, 6.45) is 3.02. The van der Waals surface area contributed by atoms with Crippen molar-refractivity contribution in [3.63, 3.8) is 0 Å². The number of aliphatic hydroxyl groups is 1. The van der Waals surface area contributed by atoms with Gasteiger partial charge in [-0.3, -0.25) is 4.79 Å². The number of allylic oxidation sites excluding steroid dienone is 1. The molecule has 0 spiro atoms. The summed E-state index contributed by atoms with van der Waals surface area (Å²) < 4.78 is 1.21. The summed E-state index contributed by atoms with van der Waals surface area (Å²) in [6.45, 7) is 7.42. The average molecular weight is 258 g/mol. The van der Waals surface area contributed by atoms with Crippen LogP contribution in [-0.4, -0.2) is 27.0 Å². The highest BCUT2D eigenvalue weighted by Crippen LogP contribution is 2.16. The van der Waals surface area contributed by atoms with Crippen molar-refractivity contribution in [3.8, 4) is 0 Å². The van der Waals surface area contributed by atoms with Crippen molar-refractivity contribution in [3.05, 3.63) is 34.2 Å². The smallest absolute Gasteiger partial charge is 0.287 e. The highest BCUT2D eigenvalue weighted by Gasteiger charge is 2.14. The van der Waals surface area contributed by atoms with Crippen LogP contribution in [0.15, 0.2) is 23.6 Å². The number of nitrogens with zero attached hydrogens (tertiary/aromatic N) is 2. The van der Waals surface area contributed by atoms with E-state index in [2.05, 4.69) is 17.0 Å². The fourth-order valence-corrected chi connectivity index (χ4v) is 1.37. The molecule has 0 radical (unpaired) electrons. The third-order valence-corrected chi connectivity index (χ3v) is 2.36. The third kappa shape index (κ3) is 3.87. The van der Waals surface area contributed by atoms with E-state index in [9.17, 15) is 9.90 Å². The van der Waals surface area contributed by atoms with Crippen molar-refractivity contribution in [1.29, 1.82) is 0 Å². The second-order valence-corrected chi connectivity index (χ2v) is 4.69. The van der Waals surface area contributed by atoms with Crippen LogP contribution in [0.5, 0.6) is 0 Å². The Morgan fingerprint density at radius 2 is 2.35 bits per heavy atom. The zero-order valence-corrected chi connectivity index (χ0v) is 10.7. The molecule has 1 aromatic rings. The van der Waals surface area contributed by atoms with E-state index in [1.165, 1.54) is 10.9 Å². The fraction of sp³-hybridized carbons (Fsp3) is 0.455. The number of anilines is 1. The highest BCUT2D eigenvalue weighted by molar-refractivity contribution is 6.32. The first kappa shape index (κ1) is 13.7. The summed E-state index contributed by atoms with van der Waals surface area (Å²) in [5.74, 6) is 0. The van der Waals surface area contributed by atoms with Crippen LogP contribution in [0.1, 0.15) is 13.8 Å². The topological polar surface area (TPSA) is 67.2 Å². The van der Waals surface area contributed by atoms with Crippen LogP contribution in [-0.2, 0) is 6.54 Å². The van der Waals surface area contributed by atoms with Crippen molar-refractivity contribution < 1.29 is 5.11 Å². The molecule has 0 aliphatic carbocycles. The molecule has 5 nitrogen and oxygen atoms in total. The van der Waals surface area contributed by atoms with Crippen LogP contribution in [0.3, 0.4) is 0 Å². The Hall–Kier alpha value is -1.33. The van der Waals surface area contributed by atoms with Crippen molar-refractivity contribution in [2.45, 2.75) is 26.0 Å². The Morgan fingerprint density at radius 1 is 1.71 bits per heavy atom. The van der Waals surface area contributed by atoms with Crippen LogP contribution in [0.25, 0.3) is 0 Å². The molecule has 1 aromatic heterocycles. The van der Waals surface area contributed by atoms with Gasteiger partial charge in [0.05, 0.1) is 24.0 Å².